The molecule has 0 aliphatic rings. The van der Waals surface area contributed by atoms with Gasteiger partial charge in [-0.3, -0.25) is 0 Å². The summed E-state index contributed by atoms with van der Waals surface area (Å²) in [5.74, 6) is -2.31. The number of unbranched alkanes of at least 4 members (excludes halogenated alkanes) is 1. The van der Waals surface area contributed by atoms with Crippen LogP contribution in [0.4, 0.5) is 0 Å². The van der Waals surface area contributed by atoms with Crippen molar-refractivity contribution in [2.75, 3.05) is 13.2 Å². The first kappa shape index (κ1) is 17.0. The summed E-state index contributed by atoms with van der Waals surface area (Å²) in [5.41, 5.74) is 5.60. The molecule has 1 heterocycles. The van der Waals surface area contributed by atoms with Crippen molar-refractivity contribution in [3.05, 3.63) is 11.3 Å². The van der Waals surface area contributed by atoms with Crippen LogP contribution in [0, 0.1) is 0 Å². The molecular formula is C13H19N2O6-. The second kappa shape index (κ2) is 8.25. The molecule has 0 aromatic carbocycles. The van der Waals surface area contributed by atoms with Crippen molar-refractivity contribution in [3.63, 3.8) is 0 Å². The first-order valence-electron chi connectivity index (χ1n) is 6.76. The van der Waals surface area contributed by atoms with Crippen molar-refractivity contribution in [3.8, 4) is 5.88 Å². The van der Waals surface area contributed by atoms with Crippen LogP contribution < -0.4 is 15.6 Å². The largest absolute Gasteiger partial charge is 0.548 e. The van der Waals surface area contributed by atoms with Crippen molar-refractivity contribution < 1.29 is 28.7 Å². The Bertz CT molecular complexity index is 485. The third kappa shape index (κ3) is 4.75. The predicted octanol–water partition coefficient (Wildman–Crippen LogP) is -0.350. The maximum Gasteiger partial charge on any atom is 0.377 e. The van der Waals surface area contributed by atoms with Gasteiger partial charge in [-0.1, -0.05) is 13.3 Å². The predicted molar refractivity (Wildman–Crippen MR) is 69.5 cm³/mol. The number of ether oxygens (including phenoxy) is 2. The zero-order chi connectivity index (χ0) is 15.8. The van der Waals surface area contributed by atoms with Crippen LogP contribution in [-0.4, -0.2) is 36.4 Å². The smallest absolute Gasteiger partial charge is 0.377 e. The third-order valence-corrected chi connectivity index (χ3v) is 2.68. The van der Waals surface area contributed by atoms with Crippen molar-refractivity contribution >= 4 is 11.9 Å². The van der Waals surface area contributed by atoms with E-state index < -0.39 is 18.0 Å². The zero-order valence-corrected chi connectivity index (χ0v) is 12.1. The quantitative estimate of drug-likeness (QED) is 0.484. The van der Waals surface area contributed by atoms with Crippen LogP contribution in [0.15, 0.2) is 4.52 Å². The fourth-order valence-corrected chi connectivity index (χ4v) is 1.56. The molecule has 1 unspecified atom stereocenters. The first-order valence-corrected chi connectivity index (χ1v) is 6.76. The lowest BCUT2D eigenvalue weighted by Crippen LogP contribution is -2.43. The molecule has 0 bridgehead atoms. The Morgan fingerprint density at radius 2 is 2.14 bits per heavy atom. The number of rotatable bonds is 9. The van der Waals surface area contributed by atoms with E-state index in [2.05, 4.69) is 5.16 Å². The lowest BCUT2D eigenvalue weighted by atomic mass is 10.1. The molecule has 1 rings (SSSR count). The number of nitrogens with zero attached hydrogens (tertiary/aromatic N) is 1. The molecule has 0 aliphatic heterocycles. The van der Waals surface area contributed by atoms with Gasteiger partial charge in [0, 0.05) is 12.5 Å². The molecule has 0 amide bonds. The normalized spacial score (nSPS) is 12.0. The molecule has 118 valence electrons. The van der Waals surface area contributed by atoms with E-state index in [1.165, 1.54) is 0 Å². The van der Waals surface area contributed by atoms with Gasteiger partial charge in [-0.15, -0.1) is 0 Å². The van der Waals surface area contributed by atoms with E-state index in [0.29, 0.717) is 6.42 Å². The third-order valence-electron chi connectivity index (χ3n) is 2.68. The lowest BCUT2D eigenvalue weighted by Gasteiger charge is -2.12. The van der Waals surface area contributed by atoms with Gasteiger partial charge in [0.15, 0.2) is 0 Å². The summed E-state index contributed by atoms with van der Waals surface area (Å²) in [7, 11) is 0. The molecule has 1 atom stereocenters. The summed E-state index contributed by atoms with van der Waals surface area (Å²) in [5, 5.41) is 14.3. The molecule has 1 aromatic heterocycles. The number of aromatic nitrogens is 1. The van der Waals surface area contributed by atoms with E-state index in [1.54, 1.807) is 6.92 Å². The van der Waals surface area contributed by atoms with Gasteiger partial charge in [-0.25, -0.2) is 4.79 Å². The van der Waals surface area contributed by atoms with Gasteiger partial charge < -0.3 is 29.6 Å². The minimum atomic E-state index is -1.44. The maximum atomic E-state index is 11.9. The van der Waals surface area contributed by atoms with Crippen LogP contribution >= 0.6 is 0 Å². The number of hydrogen-bond donors (Lipinski definition) is 1. The van der Waals surface area contributed by atoms with Crippen LogP contribution in [0.5, 0.6) is 5.88 Å². The van der Waals surface area contributed by atoms with E-state index >= 15 is 0 Å². The average Bonchev–Trinajstić information content (AvgIpc) is 2.82. The zero-order valence-electron chi connectivity index (χ0n) is 12.1. The van der Waals surface area contributed by atoms with E-state index in [0.717, 1.165) is 6.42 Å². The minimum Gasteiger partial charge on any atom is -0.548 e. The maximum absolute atomic E-state index is 11.9. The number of aliphatic carboxylic acids is 1. The molecule has 0 spiro atoms. The summed E-state index contributed by atoms with van der Waals surface area (Å²) in [6.45, 7) is 4.20. The van der Waals surface area contributed by atoms with Gasteiger partial charge >= 0.3 is 5.97 Å². The van der Waals surface area contributed by atoms with Gasteiger partial charge in [0.05, 0.1) is 24.7 Å². The van der Waals surface area contributed by atoms with E-state index in [-0.39, 0.29) is 36.8 Å². The second-order valence-corrected chi connectivity index (χ2v) is 4.35. The Morgan fingerprint density at radius 3 is 2.71 bits per heavy atom. The minimum absolute atomic E-state index is 0.0386. The summed E-state index contributed by atoms with van der Waals surface area (Å²) in [6, 6.07) is -1.30. The topological polar surface area (TPSA) is 128 Å². The highest BCUT2D eigenvalue weighted by atomic mass is 16.6. The molecule has 8 nitrogen and oxygen atoms in total. The van der Waals surface area contributed by atoms with Crippen LogP contribution in [-0.2, 0) is 16.0 Å². The van der Waals surface area contributed by atoms with Crippen molar-refractivity contribution in [1.29, 1.82) is 0 Å². The number of carbonyl (C=O) groups excluding carboxylic acids is 2. The summed E-state index contributed by atoms with van der Waals surface area (Å²) in [6.07, 6.45) is 1.39. The van der Waals surface area contributed by atoms with Gasteiger partial charge in [0.2, 0.25) is 0 Å². The number of hydrogen-bond acceptors (Lipinski definition) is 8. The molecule has 0 fully saturated rings. The fourth-order valence-electron chi connectivity index (χ4n) is 1.56. The number of nitrogens with two attached hydrogens (primary N) is 1. The van der Waals surface area contributed by atoms with Gasteiger partial charge in [0.25, 0.3) is 11.6 Å². The van der Waals surface area contributed by atoms with Gasteiger partial charge in [-0.2, -0.15) is 0 Å². The van der Waals surface area contributed by atoms with E-state index in [4.69, 9.17) is 19.7 Å². The second-order valence-electron chi connectivity index (χ2n) is 4.35. The molecule has 21 heavy (non-hydrogen) atoms. The summed E-state index contributed by atoms with van der Waals surface area (Å²) < 4.78 is 15.1. The highest BCUT2D eigenvalue weighted by Gasteiger charge is 2.26. The van der Waals surface area contributed by atoms with Crippen LogP contribution in [0.3, 0.4) is 0 Å². The highest BCUT2D eigenvalue weighted by Crippen LogP contribution is 2.24. The monoisotopic (exact) mass is 299 g/mol. The van der Waals surface area contributed by atoms with E-state index in [1.807, 2.05) is 6.92 Å². The van der Waals surface area contributed by atoms with Crippen molar-refractivity contribution in [2.24, 2.45) is 5.73 Å². The number of carboxylic acid groups (broad SMARTS) is 1. The lowest BCUT2D eigenvalue weighted by molar-refractivity contribution is -0.307. The Labute approximate surface area is 122 Å². The Morgan fingerprint density at radius 1 is 1.43 bits per heavy atom. The molecule has 0 saturated heterocycles. The van der Waals surface area contributed by atoms with E-state index in [9.17, 15) is 14.7 Å². The Balaban J connectivity index is 2.91. The molecule has 0 radical (unpaired) electrons. The molecule has 0 aliphatic carbocycles. The van der Waals surface area contributed by atoms with Gasteiger partial charge in [0.1, 0.15) is 0 Å². The molecular weight excluding hydrogens is 280 g/mol. The molecule has 8 heteroatoms. The highest BCUT2D eigenvalue weighted by molar-refractivity contribution is 5.88. The summed E-state index contributed by atoms with van der Waals surface area (Å²) >= 11 is 0. The average molecular weight is 299 g/mol. The SMILES string of the molecule is CCCCOC(=O)c1onc(OCC)c1CC(N)C(=O)[O-]. The number of carboxylic acids is 1. The van der Waals surface area contributed by atoms with Crippen molar-refractivity contribution in [2.45, 2.75) is 39.2 Å². The Hall–Kier alpha value is -2.09. The molecule has 1 aromatic rings. The summed E-state index contributed by atoms with van der Waals surface area (Å²) in [4.78, 5) is 22.6. The van der Waals surface area contributed by atoms with Crippen LogP contribution in [0.2, 0.25) is 0 Å². The fraction of sp³-hybridized carbons (Fsp3) is 0.615. The van der Waals surface area contributed by atoms with Crippen LogP contribution in [0.25, 0.3) is 0 Å². The first-order chi connectivity index (χ1) is 10.0. The number of carbonyl (C=O) groups is 2. The standard InChI is InChI=1S/C13H20N2O6/c1-3-5-6-20-13(18)10-8(7-9(14)12(16)17)11(15-21-10)19-4-2/h9H,3-7,14H2,1-2H3,(H,16,17)/p-1. The van der Waals surface area contributed by atoms with Crippen molar-refractivity contribution in [1.82, 2.24) is 5.16 Å². The Kier molecular flexibility index (Phi) is 6.67. The van der Waals surface area contributed by atoms with Gasteiger partial charge in [-0.05, 0) is 18.5 Å². The van der Waals surface area contributed by atoms with Crippen LogP contribution in [0.1, 0.15) is 42.8 Å². The molecule has 0 saturated carbocycles. The number of esters is 1. The molecule has 2 N–H and O–H groups in total.